The highest BCUT2D eigenvalue weighted by Crippen LogP contribution is 2.46. The number of amides is 2. The summed E-state index contributed by atoms with van der Waals surface area (Å²) < 4.78 is 0. The van der Waals surface area contributed by atoms with E-state index in [1.54, 1.807) is 0 Å². The summed E-state index contributed by atoms with van der Waals surface area (Å²) in [5, 5.41) is 9.07. The van der Waals surface area contributed by atoms with Crippen molar-refractivity contribution in [1.82, 2.24) is 4.90 Å². The van der Waals surface area contributed by atoms with Crippen LogP contribution >= 0.6 is 0 Å². The van der Waals surface area contributed by atoms with Gasteiger partial charge in [-0.15, -0.1) is 0 Å². The maximum absolute atomic E-state index is 12.4. The smallest absolute Gasteiger partial charge is 0.233 e. The van der Waals surface area contributed by atoms with E-state index in [0.29, 0.717) is 12.3 Å². The first-order valence-corrected chi connectivity index (χ1v) is 6.91. The van der Waals surface area contributed by atoms with E-state index >= 15 is 0 Å². The molecule has 2 aliphatic rings. The van der Waals surface area contributed by atoms with Crippen LogP contribution in [-0.2, 0) is 9.59 Å². The number of hydrogen-bond donors (Lipinski definition) is 1. The van der Waals surface area contributed by atoms with E-state index in [-0.39, 0.29) is 30.3 Å². The summed E-state index contributed by atoms with van der Waals surface area (Å²) in [4.78, 5) is 26.2. The van der Waals surface area contributed by atoms with Crippen LogP contribution in [0.1, 0.15) is 46.5 Å². The molecule has 102 valence electrons. The fraction of sp³-hybridized carbons (Fsp3) is 0.857. The summed E-state index contributed by atoms with van der Waals surface area (Å²) in [6.45, 7) is 5.83. The second-order valence-corrected chi connectivity index (χ2v) is 6.26. The number of aliphatic hydroxyl groups excluding tert-OH is 1. The standard InChI is InChI=1S/C14H23NO3/c1-4-9-7-10-11(8-9)13(18)15(12(10)17)14(2,3)5-6-16/h9-11,16H,4-8H2,1-3H3. The van der Waals surface area contributed by atoms with Crippen molar-refractivity contribution in [3.8, 4) is 0 Å². The normalized spacial score (nSPS) is 32.2. The van der Waals surface area contributed by atoms with Crippen LogP contribution in [0.5, 0.6) is 0 Å². The lowest BCUT2D eigenvalue weighted by Crippen LogP contribution is -2.49. The first-order valence-electron chi connectivity index (χ1n) is 6.91. The van der Waals surface area contributed by atoms with Crippen LogP contribution in [0.3, 0.4) is 0 Å². The van der Waals surface area contributed by atoms with E-state index in [1.165, 1.54) is 4.90 Å². The molecular weight excluding hydrogens is 230 g/mol. The second-order valence-electron chi connectivity index (χ2n) is 6.26. The second kappa shape index (κ2) is 4.65. The Labute approximate surface area is 108 Å². The predicted octanol–water partition coefficient (Wildman–Crippen LogP) is 1.57. The molecule has 0 aromatic rings. The summed E-state index contributed by atoms with van der Waals surface area (Å²) >= 11 is 0. The van der Waals surface area contributed by atoms with Gasteiger partial charge in [-0.05, 0) is 39.0 Å². The first kappa shape index (κ1) is 13.5. The maximum Gasteiger partial charge on any atom is 0.233 e. The van der Waals surface area contributed by atoms with Gasteiger partial charge in [0.25, 0.3) is 0 Å². The van der Waals surface area contributed by atoms with Crippen molar-refractivity contribution in [3.63, 3.8) is 0 Å². The van der Waals surface area contributed by atoms with E-state index in [9.17, 15) is 9.59 Å². The number of likely N-dealkylation sites (tertiary alicyclic amines) is 1. The SMILES string of the molecule is CCC1CC2C(=O)N(C(C)(C)CCO)C(=O)C2C1. The van der Waals surface area contributed by atoms with Crippen molar-refractivity contribution in [2.75, 3.05) is 6.61 Å². The number of imide groups is 1. The van der Waals surface area contributed by atoms with Crippen LogP contribution < -0.4 is 0 Å². The van der Waals surface area contributed by atoms with Gasteiger partial charge in [0, 0.05) is 12.1 Å². The lowest BCUT2D eigenvalue weighted by molar-refractivity contribution is -0.147. The fourth-order valence-electron chi connectivity index (χ4n) is 3.44. The number of rotatable bonds is 4. The van der Waals surface area contributed by atoms with Gasteiger partial charge in [0.05, 0.1) is 11.8 Å². The van der Waals surface area contributed by atoms with Gasteiger partial charge in [-0.1, -0.05) is 13.3 Å². The Morgan fingerprint density at radius 2 is 1.72 bits per heavy atom. The molecule has 0 radical (unpaired) electrons. The highest BCUT2D eigenvalue weighted by atomic mass is 16.3. The van der Waals surface area contributed by atoms with Gasteiger partial charge in [0.15, 0.2) is 0 Å². The Bertz CT molecular complexity index is 340. The van der Waals surface area contributed by atoms with Crippen molar-refractivity contribution in [2.24, 2.45) is 17.8 Å². The number of aliphatic hydroxyl groups is 1. The van der Waals surface area contributed by atoms with Crippen LogP contribution in [0.4, 0.5) is 0 Å². The molecule has 2 rings (SSSR count). The van der Waals surface area contributed by atoms with Crippen LogP contribution in [-0.4, -0.2) is 34.0 Å². The third kappa shape index (κ3) is 1.96. The monoisotopic (exact) mass is 253 g/mol. The zero-order valence-electron chi connectivity index (χ0n) is 11.5. The van der Waals surface area contributed by atoms with Gasteiger partial charge < -0.3 is 5.11 Å². The van der Waals surface area contributed by atoms with Gasteiger partial charge in [-0.25, -0.2) is 0 Å². The first-order chi connectivity index (χ1) is 8.42. The average Bonchev–Trinajstić information content (AvgIpc) is 2.80. The van der Waals surface area contributed by atoms with Crippen molar-refractivity contribution < 1.29 is 14.7 Å². The molecule has 2 atom stereocenters. The van der Waals surface area contributed by atoms with Crippen molar-refractivity contribution in [2.45, 2.75) is 52.0 Å². The molecule has 1 aliphatic heterocycles. The number of carbonyl (C=O) groups excluding carboxylic acids is 2. The van der Waals surface area contributed by atoms with E-state index in [4.69, 9.17) is 5.11 Å². The molecule has 0 bridgehead atoms. The molecule has 1 saturated carbocycles. The minimum atomic E-state index is -0.561. The third-order valence-corrected chi connectivity index (χ3v) is 4.64. The molecular formula is C14H23NO3. The van der Waals surface area contributed by atoms with Crippen LogP contribution in [0, 0.1) is 17.8 Å². The van der Waals surface area contributed by atoms with E-state index in [1.807, 2.05) is 13.8 Å². The van der Waals surface area contributed by atoms with Gasteiger partial charge >= 0.3 is 0 Å². The molecule has 4 heteroatoms. The lowest BCUT2D eigenvalue weighted by Gasteiger charge is -2.34. The molecule has 0 aromatic heterocycles. The number of carbonyl (C=O) groups is 2. The Morgan fingerprint density at radius 1 is 1.22 bits per heavy atom. The molecule has 1 N–H and O–H groups in total. The summed E-state index contributed by atoms with van der Waals surface area (Å²) in [7, 11) is 0. The van der Waals surface area contributed by atoms with Gasteiger partial charge in [-0.3, -0.25) is 14.5 Å². The highest BCUT2D eigenvalue weighted by molar-refractivity contribution is 6.06. The minimum absolute atomic E-state index is 0.00300. The number of hydrogen-bond acceptors (Lipinski definition) is 3. The van der Waals surface area contributed by atoms with Crippen LogP contribution in [0.25, 0.3) is 0 Å². The van der Waals surface area contributed by atoms with Crippen molar-refractivity contribution in [3.05, 3.63) is 0 Å². The van der Waals surface area contributed by atoms with Crippen LogP contribution in [0.2, 0.25) is 0 Å². The van der Waals surface area contributed by atoms with E-state index in [0.717, 1.165) is 19.3 Å². The quantitative estimate of drug-likeness (QED) is 0.774. The molecule has 0 aromatic carbocycles. The van der Waals surface area contributed by atoms with Crippen LogP contribution in [0.15, 0.2) is 0 Å². The molecule has 1 heterocycles. The van der Waals surface area contributed by atoms with E-state index < -0.39 is 5.54 Å². The number of nitrogens with zero attached hydrogens (tertiary/aromatic N) is 1. The Balaban J connectivity index is 2.19. The maximum atomic E-state index is 12.4. The molecule has 2 unspecified atom stereocenters. The molecule has 18 heavy (non-hydrogen) atoms. The van der Waals surface area contributed by atoms with Crippen molar-refractivity contribution >= 4 is 11.8 Å². The fourth-order valence-corrected chi connectivity index (χ4v) is 3.44. The summed E-state index contributed by atoms with van der Waals surface area (Å²) in [6.07, 6.45) is 3.21. The Kier molecular flexibility index (Phi) is 3.49. The topological polar surface area (TPSA) is 57.6 Å². The minimum Gasteiger partial charge on any atom is -0.396 e. The Hall–Kier alpha value is -0.900. The van der Waals surface area contributed by atoms with E-state index in [2.05, 4.69) is 6.92 Å². The molecule has 4 nitrogen and oxygen atoms in total. The Morgan fingerprint density at radius 3 is 2.11 bits per heavy atom. The van der Waals surface area contributed by atoms with Gasteiger partial charge in [-0.2, -0.15) is 0 Å². The summed E-state index contributed by atoms with van der Waals surface area (Å²) in [5.41, 5.74) is -0.561. The average molecular weight is 253 g/mol. The molecule has 2 fully saturated rings. The third-order valence-electron chi connectivity index (χ3n) is 4.64. The van der Waals surface area contributed by atoms with Gasteiger partial charge in [0.2, 0.25) is 11.8 Å². The summed E-state index contributed by atoms with van der Waals surface area (Å²) in [6, 6.07) is 0. The zero-order valence-corrected chi connectivity index (χ0v) is 11.5. The molecule has 0 spiro atoms. The molecule has 1 aliphatic carbocycles. The molecule has 1 saturated heterocycles. The summed E-state index contributed by atoms with van der Waals surface area (Å²) in [5.74, 6) is 0.302. The zero-order chi connectivity index (χ0) is 13.5. The van der Waals surface area contributed by atoms with Gasteiger partial charge in [0.1, 0.15) is 0 Å². The number of fused-ring (bicyclic) bond motifs is 1. The highest BCUT2D eigenvalue weighted by Gasteiger charge is 2.55. The lowest BCUT2D eigenvalue weighted by atomic mass is 9.97. The molecule has 2 amide bonds. The van der Waals surface area contributed by atoms with Crippen molar-refractivity contribution in [1.29, 1.82) is 0 Å². The predicted molar refractivity (Wildman–Crippen MR) is 67.6 cm³/mol. The largest absolute Gasteiger partial charge is 0.396 e.